The molecule has 240 valence electrons. The smallest absolute Gasteiger partial charge is 0.359 e. The summed E-state index contributed by atoms with van der Waals surface area (Å²) in [6.45, 7) is 6.53. The Labute approximate surface area is 265 Å². The van der Waals surface area contributed by atoms with Crippen LogP contribution in [0.1, 0.15) is 104 Å². The summed E-state index contributed by atoms with van der Waals surface area (Å²) in [4.78, 5) is 40.8. The van der Waals surface area contributed by atoms with Gasteiger partial charge in [0.25, 0.3) is 0 Å². The van der Waals surface area contributed by atoms with Crippen LogP contribution in [0.3, 0.4) is 0 Å². The summed E-state index contributed by atoms with van der Waals surface area (Å²) in [7, 11) is 2.60. The molecule has 2 heterocycles. The second kappa shape index (κ2) is 10.6. The third-order valence-corrected chi connectivity index (χ3v) is 13.5. The van der Waals surface area contributed by atoms with Crippen LogP contribution < -0.4 is 0 Å². The Kier molecular flexibility index (Phi) is 7.19. The van der Waals surface area contributed by atoms with Crippen molar-refractivity contribution < 1.29 is 29.0 Å². The summed E-state index contributed by atoms with van der Waals surface area (Å²) in [6.07, 6.45) is 9.67. The molecule has 0 bridgehead atoms. The number of ether oxygens (including phenoxy) is 2. The molecule has 1 aromatic carbocycles. The van der Waals surface area contributed by atoms with Crippen molar-refractivity contribution in [2.24, 2.45) is 39.9 Å². The van der Waals surface area contributed by atoms with E-state index in [4.69, 9.17) is 14.6 Å². The number of carbonyl (C=O) groups excluding carboxylic acids is 3. The molecule has 9 atom stereocenters. The number of hydrogen-bond acceptors (Lipinski definition) is 7. The van der Waals surface area contributed by atoms with Gasteiger partial charge in [0.05, 0.1) is 32.1 Å². The van der Waals surface area contributed by atoms with E-state index in [9.17, 15) is 19.5 Å². The molecule has 0 spiro atoms. The number of nitrogens with zero attached hydrogens (tertiary/aromatic N) is 2. The number of carbonyl (C=O) groups is 3. The number of Topliss-reactive ketones (excluding diaryl/α,β-unsaturated/α-hetero) is 1. The maximum Gasteiger partial charge on any atom is 0.359 e. The molecule has 5 aliphatic rings. The molecular formula is C37H46N2O6. The highest BCUT2D eigenvalue weighted by Crippen LogP contribution is 2.74. The van der Waals surface area contributed by atoms with E-state index < -0.39 is 17.4 Å². The molecule has 1 aromatic heterocycles. The lowest BCUT2D eigenvalue weighted by Gasteiger charge is -2.60. The van der Waals surface area contributed by atoms with Gasteiger partial charge in [0.2, 0.25) is 0 Å². The second-order valence-electron chi connectivity index (χ2n) is 15.0. The average Bonchev–Trinajstić information content (AvgIpc) is 3.55. The van der Waals surface area contributed by atoms with Crippen LogP contribution in [-0.4, -0.2) is 52.9 Å². The molecule has 0 radical (unpaired) electrons. The van der Waals surface area contributed by atoms with Gasteiger partial charge in [0.15, 0.2) is 5.69 Å². The minimum Gasteiger partial charge on any atom is -0.465 e. The van der Waals surface area contributed by atoms with Gasteiger partial charge in [-0.1, -0.05) is 55.8 Å². The summed E-state index contributed by atoms with van der Waals surface area (Å²) in [5.74, 6) is 0.134. The van der Waals surface area contributed by atoms with Crippen molar-refractivity contribution in [1.82, 2.24) is 9.78 Å². The number of hydrogen-bond donors (Lipinski definition) is 1. The zero-order valence-electron chi connectivity index (χ0n) is 27.2. The summed E-state index contributed by atoms with van der Waals surface area (Å²) >= 11 is 0. The molecule has 0 amide bonds. The molecule has 8 heteroatoms. The lowest BCUT2D eigenvalue weighted by atomic mass is 9.44. The molecule has 3 fully saturated rings. The number of aliphatic hydroxyl groups is 1. The molecule has 3 saturated carbocycles. The Morgan fingerprint density at radius 2 is 1.73 bits per heavy atom. The van der Waals surface area contributed by atoms with E-state index in [0.717, 1.165) is 50.5 Å². The number of aromatic nitrogens is 2. The van der Waals surface area contributed by atoms with Crippen LogP contribution in [0.4, 0.5) is 0 Å². The topological polar surface area (TPSA) is 108 Å². The summed E-state index contributed by atoms with van der Waals surface area (Å²) < 4.78 is 12.2. The van der Waals surface area contributed by atoms with E-state index in [1.54, 1.807) is 6.92 Å². The molecule has 45 heavy (non-hydrogen) atoms. The van der Waals surface area contributed by atoms with Gasteiger partial charge in [0, 0.05) is 11.8 Å². The van der Waals surface area contributed by atoms with Crippen molar-refractivity contribution in [2.75, 3.05) is 14.2 Å². The molecule has 0 unspecified atom stereocenters. The van der Waals surface area contributed by atoms with Crippen molar-refractivity contribution in [3.05, 3.63) is 64.5 Å². The molecular weight excluding hydrogens is 568 g/mol. The quantitative estimate of drug-likeness (QED) is 0.329. The van der Waals surface area contributed by atoms with Crippen molar-refractivity contribution in [1.29, 1.82) is 0 Å². The number of benzene rings is 1. The number of aliphatic hydroxyl groups excluding tert-OH is 1. The van der Waals surface area contributed by atoms with Gasteiger partial charge >= 0.3 is 11.9 Å². The van der Waals surface area contributed by atoms with Gasteiger partial charge in [0.1, 0.15) is 11.3 Å². The molecule has 1 N–H and O–H groups in total. The van der Waals surface area contributed by atoms with Gasteiger partial charge in [-0.2, -0.15) is 5.10 Å². The first-order chi connectivity index (χ1) is 21.5. The zero-order valence-corrected chi connectivity index (χ0v) is 27.2. The van der Waals surface area contributed by atoms with E-state index in [2.05, 4.69) is 32.1 Å². The Hall–Kier alpha value is -3.26. The van der Waals surface area contributed by atoms with Crippen LogP contribution in [0, 0.1) is 39.9 Å². The molecule has 1 aliphatic heterocycles. The second-order valence-corrected chi connectivity index (χ2v) is 15.0. The van der Waals surface area contributed by atoms with Crippen molar-refractivity contribution in [3.63, 3.8) is 0 Å². The molecule has 7 rings (SSSR count). The van der Waals surface area contributed by atoms with Crippen LogP contribution in [0.15, 0.2) is 42.0 Å². The van der Waals surface area contributed by atoms with Crippen LogP contribution in [0.2, 0.25) is 0 Å². The van der Waals surface area contributed by atoms with E-state index in [1.165, 1.54) is 19.8 Å². The van der Waals surface area contributed by atoms with Crippen LogP contribution in [0.25, 0.3) is 0 Å². The fraction of sp³-hybridized carbons (Fsp3) is 0.622. The first-order valence-corrected chi connectivity index (χ1v) is 16.7. The highest BCUT2D eigenvalue weighted by atomic mass is 16.5. The van der Waals surface area contributed by atoms with Crippen molar-refractivity contribution in [2.45, 2.75) is 90.7 Å². The zero-order chi connectivity index (χ0) is 31.9. The molecule has 4 aliphatic carbocycles. The van der Waals surface area contributed by atoms with Gasteiger partial charge in [-0.15, -0.1) is 0 Å². The van der Waals surface area contributed by atoms with Gasteiger partial charge in [-0.3, -0.25) is 9.48 Å². The monoisotopic (exact) mass is 614 g/mol. The highest BCUT2D eigenvalue weighted by Gasteiger charge is 2.71. The number of allylic oxidation sites excluding steroid dienone is 1. The predicted octanol–water partition coefficient (Wildman–Crippen LogP) is 5.92. The Balaban J connectivity index is 1.40. The maximum absolute atomic E-state index is 14.4. The van der Waals surface area contributed by atoms with Crippen molar-refractivity contribution >= 4 is 17.7 Å². The van der Waals surface area contributed by atoms with E-state index >= 15 is 0 Å². The van der Waals surface area contributed by atoms with Crippen molar-refractivity contribution in [3.8, 4) is 0 Å². The van der Waals surface area contributed by atoms with Crippen LogP contribution in [0.5, 0.6) is 0 Å². The SMILES string of the molecule is COC(=O)c1nn2c(c1C(=O)OC)C[C@]1(C(C)=O)[C@@H](C[C@H]3[C@@H]4CC=C5C[C@@H](O)CC[C@]5(C)[C@H]4CC[C@@]31C)[C@H]2Cc1ccccc1. The normalized spacial score (nSPS) is 38.0. The van der Waals surface area contributed by atoms with E-state index in [-0.39, 0.29) is 45.9 Å². The fourth-order valence-electron chi connectivity index (χ4n) is 11.4. The third-order valence-electron chi connectivity index (χ3n) is 13.5. The first kappa shape index (κ1) is 30.4. The Morgan fingerprint density at radius 3 is 2.42 bits per heavy atom. The average molecular weight is 615 g/mol. The van der Waals surface area contributed by atoms with Gasteiger partial charge < -0.3 is 14.6 Å². The fourth-order valence-corrected chi connectivity index (χ4v) is 11.4. The van der Waals surface area contributed by atoms with Gasteiger partial charge in [-0.05, 0) is 98.4 Å². The summed E-state index contributed by atoms with van der Waals surface area (Å²) in [5.41, 5.74) is 2.33. The minimum absolute atomic E-state index is 0.0151. The molecule has 8 nitrogen and oxygen atoms in total. The lowest BCUT2D eigenvalue weighted by Crippen LogP contribution is -2.57. The number of methoxy groups -OCH3 is 2. The van der Waals surface area contributed by atoms with Crippen LogP contribution in [-0.2, 0) is 27.1 Å². The Morgan fingerprint density at radius 1 is 1.00 bits per heavy atom. The largest absolute Gasteiger partial charge is 0.465 e. The number of esters is 2. The van der Waals surface area contributed by atoms with E-state index in [0.29, 0.717) is 36.3 Å². The van der Waals surface area contributed by atoms with Gasteiger partial charge in [-0.25, -0.2) is 9.59 Å². The highest BCUT2D eigenvalue weighted by molar-refractivity contribution is 6.03. The summed E-state index contributed by atoms with van der Waals surface area (Å²) in [5, 5.41) is 15.3. The standard InChI is InChI=1S/C37H46N2O6/c1-21(40)37-20-30-31(33(42)44-4)32(34(43)45-5)38-39(30)29(17-22-9-7-6-8-10-22)28(37)19-27-25-12-11-23-18-24(41)13-15-35(23,2)26(25)14-16-36(27,37)3/h6-11,24-29,41H,12-20H2,1-5H3/t24-,25+,26-,27-,28-,29+,35-,36-,37-/m0/s1. The third kappa shape index (κ3) is 4.13. The number of rotatable bonds is 5. The first-order valence-electron chi connectivity index (χ1n) is 16.7. The minimum atomic E-state index is -0.720. The number of fused-ring (bicyclic) bond motifs is 8. The Bertz CT molecular complexity index is 1580. The predicted molar refractivity (Wildman–Crippen MR) is 167 cm³/mol. The lowest BCUT2D eigenvalue weighted by molar-refractivity contribution is -0.147. The number of ketones is 1. The molecule has 2 aromatic rings. The van der Waals surface area contributed by atoms with Crippen LogP contribution >= 0.6 is 0 Å². The van der Waals surface area contributed by atoms with E-state index in [1.807, 2.05) is 22.9 Å². The summed E-state index contributed by atoms with van der Waals surface area (Å²) in [6, 6.07) is 10.0. The molecule has 0 saturated heterocycles. The maximum atomic E-state index is 14.4.